The van der Waals surface area contributed by atoms with Gasteiger partial charge in [0.25, 0.3) is 0 Å². The van der Waals surface area contributed by atoms with E-state index in [1.54, 1.807) is 0 Å². The van der Waals surface area contributed by atoms with Gasteiger partial charge in [0.2, 0.25) is 11.5 Å². The van der Waals surface area contributed by atoms with Gasteiger partial charge in [-0.05, 0) is 42.7 Å². The zero-order chi connectivity index (χ0) is 18.8. The fraction of sp³-hybridized carbons (Fsp3) is 0.364. The van der Waals surface area contributed by atoms with Gasteiger partial charge in [0.15, 0.2) is 5.78 Å². The average molecular weight is 366 g/mol. The van der Waals surface area contributed by atoms with E-state index in [4.69, 9.17) is 14.2 Å². The van der Waals surface area contributed by atoms with Gasteiger partial charge in [-0.2, -0.15) is 0 Å². The molecule has 140 valence electrons. The second-order valence-electron chi connectivity index (χ2n) is 7.19. The van der Waals surface area contributed by atoms with Crippen molar-refractivity contribution in [3.8, 4) is 5.75 Å². The number of allylic oxidation sites excluding steroid dienone is 1. The number of rotatable bonds is 5. The molecule has 5 nitrogen and oxygen atoms in total. The minimum atomic E-state index is -0.220. The average Bonchev–Trinajstić information content (AvgIpc) is 2.68. The molecule has 1 fully saturated rings. The molecule has 0 amide bonds. The van der Waals surface area contributed by atoms with Gasteiger partial charge in [-0.3, -0.25) is 9.59 Å². The van der Waals surface area contributed by atoms with E-state index in [0.29, 0.717) is 18.6 Å². The van der Waals surface area contributed by atoms with Crippen LogP contribution in [0.25, 0.3) is 10.8 Å². The van der Waals surface area contributed by atoms with Crippen molar-refractivity contribution in [2.75, 3.05) is 6.61 Å². The van der Waals surface area contributed by atoms with Crippen LogP contribution in [0.2, 0.25) is 0 Å². The molecule has 0 spiro atoms. The van der Waals surface area contributed by atoms with Crippen molar-refractivity contribution in [1.82, 2.24) is 0 Å². The number of Topliss-reactive ketones (excluding diaryl/α,β-unsaturated/α-hetero) is 2. The van der Waals surface area contributed by atoms with Gasteiger partial charge in [0, 0.05) is 6.42 Å². The highest BCUT2D eigenvalue weighted by Gasteiger charge is 2.41. The van der Waals surface area contributed by atoms with Gasteiger partial charge in [0.1, 0.15) is 24.7 Å². The van der Waals surface area contributed by atoms with Crippen LogP contribution < -0.4 is 4.74 Å². The Morgan fingerprint density at radius 2 is 1.96 bits per heavy atom. The summed E-state index contributed by atoms with van der Waals surface area (Å²) in [5.41, 5.74) is 0. The molecule has 3 unspecified atom stereocenters. The van der Waals surface area contributed by atoms with Crippen LogP contribution in [0.15, 0.2) is 54.5 Å². The molecule has 5 heteroatoms. The van der Waals surface area contributed by atoms with Gasteiger partial charge in [-0.25, -0.2) is 0 Å². The zero-order valence-electron chi connectivity index (χ0n) is 15.2. The first-order valence-corrected chi connectivity index (χ1v) is 9.27. The van der Waals surface area contributed by atoms with Crippen LogP contribution in [0.4, 0.5) is 0 Å². The summed E-state index contributed by atoms with van der Waals surface area (Å²) < 4.78 is 17.2. The Morgan fingerprint density at radius 3 is 2.78 bits per heavy atom. The SMILES string of the molecule is CC(=O)COC1CCC2C(=O)C(Oc3ccc4ccccc4c3)=COC2C1. The largest absolute Gasteiger partial charge is 0.493 e. The lowest BCUT2D eigenvalue weighted by Crippen LogP contribution is -2.42. The van der Waals surface area contributed by atoms with Gasteiger partial charge in [0.05, 0.1) is 12.0 Å². The van der Waals surface area contributed by atoms with Crippen LogP contribution in [0.5, 0.6) is 5.75 Å². The van der Waals surface area contributed by atoms with Crippen LogP contribution >= 0.6 is 0 Å². The summed E-state index contributed by atoms with van der Waals surface area (Å²) in [4.78, 5) is 23.9. The summed E-state index contributed by atoms with van der Waals surface area (Å²) in [6, 6.07) is 13.7. The molecule has 0 aromatic heterocycles. The summed E-state index contributed by atoms with van der Waals surface area (Å²) in [5, 5.41) is 2.18. The molecule has 1 aliphatic carbocycles. The molecular weight excluding hydrogens is 344 g/mol. The molecule has 0 N–H and O–H groups in total. The van der Waals surface area contributed by atoms with Crippen LogP contribution in [0.1, 0.15) is 26.2 Å². The maximum Gasteiger partial charge on any atom is 0.207 e. The Bertz CT molecular complexity index is 900. The summed E-state index contributed by atoms with van der Waals surface area (Å²) >= 11 is 0. The Hall–Kier alpha value is -2.66. The van der Waals surface area contributed by atoms with Crippen molar-refractivity contribution in [2.24, 2.45) is 5.92 Å². The second kappa shape index (κ2) is 7.53. The van der Waals surface area contributed by atoms with Crippen molar-refractivity contribution in [3.05, 3.63) is 54.5 Å². The number of benzene rings is 2. The number of carbonyl (C=O) groups is 2. The number of hydrogen-bond donors (Lipinski definition) is 0. The third-order valence-corrected chi connectivity index (χ3v) is 5.14. The Kier molecular flexibility index (Phi) is 4.94. The number of hydrogen-bond acceptors (Lipinski definition) is 5. The summed E-state index contributed by atoms with van der Waals surface area (Å²) in [5.74, 6) is 0.624. The highest BCUT2D eigenvalue weighted by Crippen LogP contribution is 2.35. The molecule has 0 saturated heterocycles. The van der Waals surface area contributed by atoms with Crippen LogP contribution in [0.3, 0.4) is 0 Å². The summed E-state index contributed by atoms with van der Waals surface area (Å²) in [7, 11) is 0. The molecule has 2 aromatic carbocycles. The van der Waals surface area contributed by atoms with Gasteiger partial charge >= 0.3 is 0 Å². The van der Waals surface area contributed by atoms with E-state index in [-0.39, 0.29) is 42.1 Å². The quantitative estimate of drug-likeness (QED) is 0.805. The molecule has 0 bridgehead atoms. The number of carbonyl (C=O) groups excluding carboxylic acids is 2. The van der Waals surface area contributed by atoms with E-state index < -0.39 is 0 Å². The van der Waals surface area contributed by atoms with E-state index >= 15 is 0 Å². The predicted molar refractivity (Wildman–Crippen MR) is 100 cm³/mol. The first kappa shape index (κ1) is 17.7. The smallest absolute Gasteiger partial charge is 0.207 e. The monoisotopic (exact) mass is 366 g/mol. The molecule has 1 heterocycles. The van der Waals surface area contributed by atoms with E-state index in [1.165, 1.54) is 13.2 Å². The number of ketones is 2. The maximum atomic E-state index is 12.8. The molecule has 2 aliphatic rings. The first-order valence-electron chi connectivity index (χ1n) is 9.27. The maximum absolute atomic E-state index is 12.8. The minimum absolute atomic E-state index is 0.00345. The van der Waals surface area contributed by atoms with Crippen molar-refractivity contribution in [2.45, 2.75) is 38.4 Å². The molecule has 27 heavy (non-hydrogen) atoms. The highest BCUT2D eigenvalue weighted by atomic mass is 16.5. The molecule has 1 aliphatic heterocycles. The molecule has 0 radical (unpaired) electrons. The number of fused-ring (bicyclic) bond motifs is 2. The Balaban J connectivity index is 1.44. The first-order chi connectivity index (χ1) is 13.1. The predicted octanol–water partition coefficient (Wildman–Crippen LogP) is 3.80. The van der Waals surface area contributed by atoms with Gasteiger partial charge in [-0.1, -0.05) is 30.3 Å². The van der Waals surface area contributed by atoms with E-state index in [9.17, 15) is 9.59 Å². The van der Waals surface area contributed by atoms with Gasteiger partial charge in [-0.15, -0.1) is 0 Å². The second-order valence-corrected chi connectivity index (χ2v) is 7.19. The highest BCUT2D eigenvalue weighted by molar-refractivity contribution is 5.96. The standard InChI is InChI=1S/C22H22O5/c1-14(23)12-25-17-8-9-19-20(11-17)26-13-21(22(19)24)27-18-7-6-15-4-2-3-5-16(15)10-18/h2-7,10,13,17,19-20H,8-9,11-12H2,1H3. The Morgan fingerprint density at radius 1 is 1.15 bits per heavy atom. The zero-order valence-corrected chi connectivity index (χ0v) is 15.2. The summed E-state index contributed by atoms with van der Waals surface area (Å²) in [6.07, 6.45) is 3.19. The lowest BCUT2D eigenvalue weighted by atomic mass is 9.80. The van der Waals surface area contributed by atoms with Crippen molar-refractivity contribution in [3.63, 3.8) is 0 Å². The molecule has 2 aromatic rings. The fourth-order valence-corrected chi connectivity index (χ4v) is 3.75. The lowest BCUT2D eigenvalue weighted by molar-refractivity contribution is -0.136. The fourth-order valence-electron chi connectivity index (χ4n) is 3.75. The minimum Gasteiger partial charge on any atom is -0.493 e. The normalized spacial score (nSPS) is 24.7. The summed E-state index contributed by atoms with van der Waals surface area (Å²) in [6.45, 7) is 1.62. The molecule has 3 atom stereocenters. The topological polar surface area (TPSA) is 61.8 Å². The number of ether oxygens (including phenoxy) is 3. The van der Waals surface area contributed by atoms with Gasteiger partial charge < -0.3 is 14.2 Å². The van der Waals surface area contributed by atoms with Crippen LogP contribution in [0, 0.1) is 5.92 Å². The molecule has 1 saturated carbocycles. The van der Waals surface area contributed by atoms with Crippen molar-refractivity contribution >= 4 is 22.3 Å². The third-order valence-electron chi connectivity index (χ3n) is 5.14. The van der Waals surface area contributed by atoms with Crippen molar-refractivity contribution in [1.29, 1.82) is 0 Å². The lowest BCUT2D eigenvalue weighted by Gasteiger charge is -2.37. The third kappa shape index (κ3) is 3.88. The molecule has 4 rings (SSSR count). The van der Waals surface area contributed by atoms with Crippen LogP contribution in [-0.2, 0) is 19.1 Å². The van der Waals surface area contributed by atoms with Crippen LogP contribution in [-0.4, -0.2) is 30.4 Å². The van der Waals surface area contributed by atoms with E-state index in [0.717, 1.165) is 17.2 Å². The molecular formula is C22H22O5. The van der Waals surface area contributed by atoms with E-state index in [2.05, 4.69) is 0 Å². The van der Waals surface area contributed by atoms with E-state index in [1.807, 2.05) is 42.5 Å². The van der Waals surface area contributed by atoms with Crippen molar-refractivity contribution < 1.29 is 23.8 Å². The Labute approximate surface area is 157 Å².